The van der Waals surface area contributed by atoms with Crippen LogP contribution in [0.4, 0.5) is 0 Å². The Morgan fingerprint density at radius 3 is 2.50 bits per heavy atom. The van der Waals surface area contributed by atoms with Crippen LogP contribution in [0.15, 0.2) is 28.1 Å². The van der Waals surface area contributed by atoms with E-state index in [4.69, 9.17) is 11.6 Å². The maximum absolute atomic E-state index is 6.11. The molecule has 0 spiro atoms. The summed E-state index contributed by atoms with van der Waals surface area (Å²) in [6, 6.07) is 8.45. The molecule has 1 unspecified atom stereocenters. The SMILES string of the molecule is CNC(c1cc(C)c(Br)s1)c1cc(Cl)ccc1C. The molecule has 0 saturated heterocycles. The van der Waals surface area contributed by atoms with Crippen LogP contribution >= 0.6 is 38.9 Å². The van der Waals surface area contributed by atoms with Gasteiger partial charge in [-0.2, -0.15) is 0 Å². The molecule has 1 atom stereocenters. The molecule has 2 aromatic rings. The molecule has 0 saturated carbocycles. The molecule has 1 heterocycles. The minimum absolute atomic E-state index is 0.193. The fourth-order valence-electron chi connectivity index (χ4n) is 2.00. The lowest BCUT2D eigenvalue weighted by molar-refractivity contribution is 0.699. The Balaban J connectivity index is 2.48. The van der Waals surface area contributed by atoms with Crippen molar-refractivity contribution >= 4 is 38.9 Å². The zero-order valence-corrected chi connectivity index (χ0v) is 13.7. The second kappa shape index (κ2) is 5.74. The first-order chi connectivity index (χ1) is 8.52. The fourth-order valence-corrected chi connectivity index (χ4v) is 3.88. The van der Waals surface area contributed by atoms with Gasteiger partial charge in [0.15, 0.2) is 0 Å². The summed E-state index contributed by atoms with van der Waals surface area (Å²) in [5.74, 6) is 0. The maximum Gasteiger partial charge on any atom is 0.0731 e. The number of halogens is 2. The minimum Gasteiger partial charge on any atom is -0.309 e. The van der Waals surface area contributed by atoms with Crippen LogP contribution in [0.5, 0.6) is 0 Å². The second-order valence-electron chi connectivity index (χ2n) is 4.33. The summed E-state index contributed by atoms with van der Waals surface area (Å²) < 4.78 is 1.19. The Bertz CT molecular complexity index is 545. The largest absolute Gasteiger partial charge is 0.309 e. The molecule has 96 valence electrons. The van der Waals surface area contributed by atoms with Crippen LogP contribution in [-0.2, 0) is 0 Å². The Labute approximate surface area is 125 Å². The third-order valence-electron chi connectivity index (χ3n) is 3.00. The van der Waals surface area contributed by atoms with Crippen LogP contribution in [0.3, 0.4) is 0 Å². The van der Waals surface area contributed by atoms with E-state index < -0.39 is 0 Å². The van der Waals surface area contributed by atoms with Crippen molar-refractivity contribution in [1.82, 2.24) is 5.32 Å². The average Bonchev–Trinajstić information content (AvgIpc) is 2.65. The van der Waals surface area contributed by atoms with E-state index in [1.807, 2.05) is 19.2 Å². The predicted molar refractivity (Wildman–Crippen MR) is 83.8 cm³/mol. The van der Waals surface area contributed by atoms with Crippen molar-refractivity contribution in [3.05, 3.63) is 54.6 Å². The Hall–Kier alpha value is -0.350. The molecule has 0 aliphatic heterocycles. The van der Waals surface area contributed by atoms with Crippen LogP contribution in [0.25, 0.3) is 0 Å². The molecule has 0 bridgehead atoms. The van der Waals surface area contributed by atoms with Gasteiger partial charge in [0.05, 0.1) is 9.83 Å². The van der Waals surface area contributed by atoms with Gasteiger partial charge < -0.3 is 5.32 Å². The molecular weight excluding hydrogens is 330 g/mol. The summed E-state index contributed by atoms with van der Waals surface area (Å²) in [6.45, 7) is 4.23. The molecule has 0 radical (unpaired) electrons. The van der Waals surface area contributed by atoms with Crippen molar-refractivity contribution in [3.63, 3.8) is 0 Å². The van der Waals surface area contributed by atoms with Crippen LogP contribution in [-0.4, -0.2) is 7.05 Å². The fraction of sp³-hybridized carbons (Fsp3) is 0.286. The minimum atomic E-state index is 0.193. The second-order valence-corrected chi connectivity index (χ2v) is 7.17. The Morgan fingerprint density at radius 2 is 1.94 bits per heavy atom. The van der Waals surface area contributed by atoms with E-state index in [1.54, 1.807) is 11.3 Å². The van der Waals surface area contributed by atoms with E-state index in [0.717, 1.165) is 5.02 Å². The molecule has 2 rings (SSSR count). The lowest BCUT2D eigenvalue weighted by Crippen LogP contribution is -2.17. The van der Waals surface area contributed by atoms with E-state index in [-0.39, 0.29) is 6.04 Å². The highest BCUT2D eigenvalue weighted by Crippen LogP contribution is 2.35. The molecular formula is C14H15BrClNS. The quantitative estimate of drug-likeness (QED) is 0.818. The van der Waals surface area contributed by atoms with E-state index in [0.29, 0.717) is 0 Å². The number of rotatable bonds is 3. The monoisotopic (exact) mass is 343 g/mol. The molecule has 1 aromatic heterocycles. The maximum atomic E-state index is 6.11. The highest BCUT2D eigenvalue weighted by atomic mass is 79.9. The van der Waals surface area contributed by atoms with Crippen molar-refractivity contribution in [2.45, 2.75) is 19.9 Å². The highest BCUT2D eigenvalue weighted by Gasteiger charge is 2.17. The number of benzene rings is 1. The number of hydrogen-bond acceptors (Lipinski definition) is 2. The summed E-state index contributed by atoms with van der Waals surface area (Å²) in [6.07, 6.45) is 0. The molecule has 1 aromatic carbocycles. The highest BCUT2D eigenvalue weighted by molar-refractivity contribution is 9.11. The van der Waals surface area contributed by atoms with E-state index >= 15 is 0 Å². The van der Waals surface area contributed by atoms with Crippen molar-refractivity contribution in [1.29, 1.82) is 0 Å². The smallest absolute Gasteiger partial charge is 0.0731 e. The van der Waals surface area contributed by atoms with Crippen molar-refractivity contribution < 1.29 is 0 Å². The van der Waals surface area contributed by atoms with Crippen molar-refractivity contribution in [2.24, 2.45) is 0 Å². The first kappa shape index (κ1) is 14.1. The number of aryl methyl sites for hydroxylation is 2. The summed E-state index contributed by atoms with van der Waals surface area (Å²) in [5.41, 5.74) is 3.76. The van der Waals surface area contributed by atoms with Gasteiger partial charge in [-0.15, -0.1) is 11.3 Å². The van der Waals surface area contributed by atoms with Crippen molar-refractivity contribution in [3.8, 4) is 0 Å². The molecule has 0 aliphatic rings. The predicted octanol–water partition coefficient (Wildman–Crippen LogP) is 5.09. The Morgan fingerprint density at radius 1 is 1.22 bits per heavy atom. The topological polar surface area (TPSA) is 12.0 Å². The molecule has 1 nitrogen and oxygen atoms in total. The molecule has 0 aliphatic carbocycles. The van der Waals surface area contributed by atoms with Gasteiger partial charge >= 0.3 is 0 Å². The summed E-state index contributed by atoms with van der Waals surface area (Å²) >= 11 is 11.5. The van der Waals surface area contributed by atoms with E-state index in [2.05, 4.69) is 47.2 Å². The van der Waals surface area contributed by atoms with Gasteiger partial charge in [0.1, 0.15) is 0 Å². The number of thiophene rings is 1. The van der Waals surface area contributed by atoms with Gasteiger partial charge in [-0.05, 0) is 71.7 Å². The standard InChI is InChI=1S/C14H15BrClNS/c1-8-4-5-10(16)7-11(8)13(17-3)12-6-9(2)14(15)18-12/h4-7,13,17H,1-3H3. The van der Waals surface area contributed by atoms with Gasteiger partial charge in [-0.1, -0.05) is 17.7 Å². The first-order valence-electron chi connectivity index (χ1n) is 5.72. The van der Waals surface area contributed by atoms with Gasteiger partial charge in [-0.25, -0.2) is 0 Å². The lowest BCUT2D eigenvalue weighted by atomic mass is 10.00. The lowest BCUT2D eigenvalue weighted by Gasteiger charge is -2.17. The van der Waals surface area contributed by atoms with Gasteiger partial charge in [0.2, 0.25) is 0 Å². The normalized spacial score (nSPS) is 12.7. The molecule has 0 amide bonds. The average molecular weight is 345 g/mol. The molecule has 1 N–H and O–H groups in total. The zero-order valence-electron chi connectivity index (χ0n) is 10.6. The Kier molecular flexibility index (Phi) is 4.49. The number of hydrogen-bond donors (Lipinski definition) is 1. The van der Waals surface area contributed by atoms with Gasteiger partial charge in [0.25, 0.3) is 0 Å². The number of nitrogens with one attached hydrogen (secondary N) is 1. The molecule has 4 heteroatoms. The molecule has 0 fully saturated rings. The third kappa shape index (κ3) is 2.80. The first-order valence-corrected chi connectivity index (χ1v) is 7.71. The van der Waals surface area contributed by atoms with Crippen molar-refractivity contribution in [2.75, 3.05) is 7.05 Å². The third-order valence-corrected chi connectivity index (χ3v) is 5.44. The van der Waals surface area contributed by atoms with Crippen LogP contribution in [0.1, 0.15) is 27.6 Å². The van der Waals surface area contributed by atoms with Crippen LogP contribution in [0, 0.1) is 13.8 Å². The van der Waals surface area contributed by atoms with Gasteiger partial charge in [-0.3, -0.25) is 0 Å². The van der Waals surface area contributed by atoms with Gasteiger partial charge in [0, 0.05) is 9.90 Å². The van der Waals surface area contributed by atoms with Crippen LogP contribution in [0.2, 0.25) is 5.02 Å². The summed E-state index contributed by atoms with van der Waals surface area (Å²) in [4.78, 5) is 1.30. The van der Waals surface area contributed by atoms with Crippen LogP contribution < -0.4 is 5.32 Å². The summed E-state index contributed by atoms with van der Waals surface area (Å²) in [5, 5.41) is 4.15. The van der Waals surface area contributed by atoms with E-state index in [1.165, 1.54) is 25.4 Å². The zero-order chi connectivity index (χ0) is 13.3. The van der Waals surface area contributed by atoms with E-state index in [9.17, 15) is 0 Å². The molecule has 18 heavy (non-hydrogen) atoms. The summed E-state index contributed by atoms with van der Waals surface area (Å²) in [7, 11) is 1.98.